The van der Waals surface area contributed by atoms with E-state index in [1.807, 2.05) is 0 Å². The molecule has 0 bridgehead atoms. The summed E-state index contributed by atoms with van der Waals surface area (Å²) in [5, 5.41) is 20.6. The Hall–Kier alpha value is -0.940. The first-order valence-corrected chi connectivity index (χ1v) is 10.9. The number of aliphatic hydroxyl groups excluding tert-OH is 2. The molecule has 0 spiro atoms. The molecule has 0 aromatic rings. The van der Waals surface area contributed by atoms with Crippen LogP contribution in [-0.2, 0) is 14.3 Å². The lowest BCUT2D eigenvalue weighted by Crippen LogP contribution is -2.23. The summed E-state index contributed by atoms with van der Waals surface area (Å²) in [5.41, 5.74) is 0. The number of unbranched alkanes of at least 4 members (excludes halogenated alkanes) is 3. The number of hydrogen-bond donors (Lipinski definition) is 2. The predicted molar refractivity (Wildman–Crippen MR) is 104 cm³/mol. The largest absolute Gasteiger partial charge is 0.469 e. The molecule has 2 aliphatic rings. The molecule has 0 aliphatic heterocycles. The summed E-state index contributed by atoms with van der Waals surface area (Å²) in [6, 6.07) is 0. The van der Waals surface area contributed by atoms with E-state index < -0.39 is 6.10 Å². The zero-order chi connectivity index (χ0) is 19.8. The van der Waals surface area contributed by atoms with E-state index >= 15 is 0 Å². The highest BCUT2D eigenvalue weighted by Crippen LogP contribution is 2.45. The van der Waals surface area contributed by atoms with E-state index in [-0.39, 0.29) is 36.1 Å². The van der Waals surface area contributed by atoms with Crippen LogP contribution in [0.25, 0.3) is 0 Å². The van der Waals surface area contributed by atoms with Gasteiger partial charge in [-0.15, -0.1) is 0 Å². The molecule has 27 heavy (non-hydrogen) atoms. The molecule has 0 heterocycles. The van der Waals surface area contributed by atoms with Crippen LogP contribution in [0.1, 0.15) is 84.0 Å². The molecule has 0 saturated heterocycles. The molecule has 5 heteroatoms. The number of esters is 1. The molecule has 5 nitrogen and oxygen atoms in total. The van der Waals surface area contributed by atoms with E-state index in [1.165, 1.54) is 20.0 Å². The molecule has 2 fully saturated rings. The topological polar surface area (TPSA) is 83.8 Å². The smallest absolute Gasteiger partial charge is 0.305 e. The molecule has 2 aliphatic carbocycles. The molecular weight excluding hydrogens is 344 g/mol. The third kappa shape index (κ3) is 7.19. The molecule has 0 aromatic carbocycles. The summed E-state index contributed by atoms with van der Waals surface area (Å²) >= 11 is 0. The fourth-order valence-corrected chi connectivity index (χ4v) is 4.82. The average Bonchev–Trinajstić information content (AvgIpc) is 3.33. The van der Waals surface area contributed by atoms with E-state index in [0.717, 1.165) is 50.9 Å². The lowest BCUT2D eigenvalue weighted by atomic mass is 9.85. The highest BCUT2D eigenvalue weighted by Gasteiger charge is 2.41. The number of aliphatic hydroxyl groups is 2. The second-order valence-electron chi connectivity index (χ2n) is 8.67. The minimum atomic E-state index is -0.543. The SMILES string of the molecule is CCC1CC1CC(O)CC[C@H]1[C@H](O)CC(=O)[C@@H]1CCCCCCC(=O)OC. The van der Waals surface area contributed by atoms with E-state index in [0.29, 0.717) is 18.8 Å². The fourth-order valence-electron chi connectivity index (χ4n) is 4.82. The summed E-state index contributed by atoms with van der Waals surface area (Å²) in [4.78, 5) is 23.4. The maximum Gasteiger partial charge on any atom is 0.305 e. The fraction of sp³-hybridized carbons (Fsp3) is 0.909. The van der Waals surface area contributed by atoms with E-state index in [4.69, 9.17) is 0 Å². The van der Waals surface area contributed by atoms with Crippen LogP contribution in [0.3, 0.4) is 0 Å². The zero-order valence-corrected chi connectivity index (χ0v) is 17.1. The molecule has 0 aromatic heterocycles. The van der Waals surface area contributed by atoms with Gasteiger partial charge in [-0.3, -0.25) is 9.59 Å². The van der Waals surface area contributed by atoms with Gasteiger partial charge in [-0.2, -0.15) is 0 Å². The number of carbonyl (C=O) groups excluding carboxylic acids is 2. The number of hydrogen-bond acceptors (Lipinski definition) is 5. The number of ketones is 1. The molecule has 0 radical (unpaired) electrons. The minimum absolute atomic E-state index is 0.00314. The predicted octanol–water partition coefficient (Wildman–Crippen LogP) is 3.64. The summed E-state index contributed by atoms with van der Waals surface area (Å²) in [6.45, 7) is 2.21. The van der Waals surface area contributed by atoms with Gasteiger partial charge < -0.3 is 14.9 Å². The summed E-state index contributed by atoms with van der Waals surface area (Å²) in [6.07, 6.45) is 9.18. The monoisotopic (exact) mass is 382 g/mol. The van der Waals surface area contributed by atoms with Gasteiger partial charge in [-0.1, -0.05) is 32.6 Å². The lowest BCUT2D eigenvalue weighted by Gasteiger charge is -2.22. The van der Waals surface area contributed by atoms with Crippen LogP contribution in [0.15, 0.2) is 0 Å². The lowest BCUT2D eigenvalue weighted by molar-refractivity contribution is -0.140. The first kappa shape index (κ1) is 22.4. The molecule has 2 rings (SSSR count). The third-order valence-corrected chi connectivity index (χ3v) is 6.71. The highest BCUT2D eigenvalue weighted by atomic mass is 16.5. The van der Waals surface area contributed by atoms with Crippen LogP contribution in [0.2, 0.25) is 0 Å². The molecule has 156 valence electrons. The van der Waals surface area contributed by atoms with Gasteiger partial charge in [0, 0.05) is 18.8 Å². The van der Waals surface area contributed by atoms with Crippen molar-refractivity contribution in [2.75, 3.05) is 7.11 Å². The van der Waals surface area contributed by atoms with Crippen LogP contribution in [0.4, 0.5) is 0 Å². The quantitative estimate of drug-likeness (QED) is 0.375. The van der Waals surface area contributed by atoms with E-state index in [2.05, 4.69) is 11.7 Å². The van der Waals surface area contributed by atoms with Crippen molar-refractivity contribution < 1.29 is 24.5 Å². The van der Waals surface area contributed by atoms with Crippen molar-refractivity contribution in [2.24, 2.45) is 23.7 Å². The van der Waals surface area contributed by atoms with Crippen LogP contribution < -0.4 is 0 Å². The van der Waals surface area contributed by atoms with Crippen molar-refractivity contribution in [2.45, 2.75) is 96.2 Å². The number of carbonyl (C=O) groups is 2. The second-order valence-corrected chi connectivity index (χ2v) is 8.67. The van der Waals surface area contributed by atoms with Gasteiger partial charge in [0.15, 0.2) is 0 Å². The Morgan fingerprint density at radius 1 is 1.19 bits per heavy atom. The first-order valence-electron chi connectivity index (χ1n) is 10.9. The summed E-state index contributed by atoms with van der Waals surface area (Å²) < 4.78 is 4.63. The van der Waals surface area contributed by atoms with E-state index in [1.54, 1.807) is 0 Å². The maximum absolute atomic E-state index is 12.3. The summed E-state index contributed by atoms with van der Waals surface area (Å²) in [5.74, 6) is 1.44. The second kappa shape index (κ2) is 11.2. The Kier molecular flexibility index (Phi) is 9.24. The normalized spacial score (nSPS) is 31.1. The van der Waals surface area contributed by atoms with Crippen LogP contribution in [0, 0.1) is 23.7 Å². The zero-order valence-electron chi connectivity index (χ0n) is 17.1. The molecule has 2 N–H and O–H groups in total. The first-order chi connectivity index (χ1) is 13.0. The maximum atomic E-state index is 12.3. The minimum Gasteiger partial charge on any atom is -0.469 e. The molecule has 6 atom stereocenters. The number of rotatable bonds is 13. The number of ether oxygens (including phenoxy) is 1. The van der Waals surface area contributed by atoms with Gasteiger partial charge in [0.1, 0.15) is 5.78 Å². The standard InChI is InChI=1S/C22H38O5/c1-3-15-12-16(15)13-17(23)10-11-19-18(20(24)14-21(19)25)8-6-4-5-7-9-22(26)27-2/h15-19,21,23,25H,3-14H2,1-2H3/t15?,16?,17?,18-,19-,21-/m1/s1. The Morgan fingerprint density at radius 2 is 1.93 bits per heavy atom. The average molecular weight is 383 g/mol. The van der Waals surface area contributed by atoms with Crippen LogP contribution >= 0.6 is 0 Å². The van der Waals surface area contributed by atoms with Crippen molar-refractivity contribution in [3.8, 4) is 0 Å². The molecule has 0 amide bonds. The van der Waals surface area contributed by atoms with Gasteiger partial charge in [0.05, 0.1) is 19.3 Å². The Balaban J connectivity index is 1.65. The van der Waals surface area contributed by atoms with Crippen molar-refractivity contribution >= 4 is 11.8 Å². The van der Waals surface area contributed by atoms with E-state index in [9.17, 15) is 19.8 Å². The van der Waals surface area contributed by atoms with Crippen molar-refractivity contribution in [1.29, 1.82) is 0 Å². The van der Waals surface area contributed by atoms with Crippen LogP contribution in [-0.4, -0.2) is 41.3 Å². The third-order valence-electron chi connectivity index (χ3n) is 6.71. The van der Waals surface area contributed by atoms with Crippen LogP contribution in [0.5, 0.6) is 0 Å². The van der Waals surface area contributed by atoms with Gasteiger partial charge in [-0.05, 0) is 56.3 Å². The van der Waals surface area contributed by atoms with Gasteiger partial charge in [0.2, 0.25) is 0 Å². The molecule has 2 saturated carbocycles. The van der Waals surface area contributed by atoms with Crippen molar-refractivity contribution in [1.82, 2.24) is 0 Å². The number of methoxy groups -OCH3 is 1. The van der Waals surface area contributed by atoms with Gasteiger partial charge in [-0.25, -0.2) is 0 Å². The van der Waals surface area contributed by atoms with Gasteiger partial charge >= 0.3 is 5.97 Å². The Bertz CT molecular complexity index is 477. The van der Waals surface area contributed by atoms with Crippen molar-refractivity contribution in [3.05, 3.63) is 0 Å². The molecular formula is C22H38O5. The van der Waals surface area contributed by atoms with Crippen molar-refractivity contribution in [3.63, 3.8) is 0 Å². The summed E-state index contributed by atoms with van der Waals surface area (Å²) in [7, 11) is 1.41. The Morgan fingerprint density at radius 3 is 2.59 bits per heavy atom. The highest BCUT2D eigenvalue weighted by molar-refractivity contribution is 5.84. The van der Waals surface area contributed by atoms with Gasteiger partial charge in [0.25, 0.3) is 0 Å². The molecule has 3 unspecified atom stereocenters. The number of Topliss-reactive ketones (excluding diaryl/α,β-unsaturated/α-hetero) is 1. The Labute approximate surface area is 163 Å².